The van der Waals surface area contributed by atoms with Crippen molar-refractivity contribution >= 4 is 17.3 Å². The number of methoxy groups -OCH3 is 1. The van der Waals surface area contributed by atoms with Gasteiger partial charge >= 0.3 is 5.97 Å². The SMILES string of the molecule is CCc1cccnc1CNc1cc(C(=O)OC)ccc1N. The third-order valence-electron chi connectivity index (χ3n) is 3.29. The van der Waals surface area contributed by atoms with Crippen molar-refractivity contribution in [2.24, 2.45) is 0 Å². The van der Waals surface area contributed by atoms with Crippen LogP contribution in [0, 0.1) is 0 Å². The van der Waals surface area contributed by atoms with Gasteiger partial charge in [-0.2, -0.15) is 0 Å². The van der Waals surface area contributed by atoms with E-state index in [4.69, 9.17) is 10.5 Å². The predicted octanol–water partition coefficient (Wildman–Crippen LogP) is 2.62. The van der Waals surface area contributed by atoms with Crippen LogP contribution in [0.15, 0.2) is 36.5 Å². The summed E-state index contributed by atoms with van der Waals surface area (Å²) in [6, 6.07) is 9.00. The number of carbonyl (C=O) groups excluding carboxylic acids is 1. The van der Waals surface area contributed by atoms with Gasteiger partial charge in [0.25, 0.3) is 0 Å². The first-order chi connectivity index (χ1) is 10.2. The first-order valence-electron chi connectivity index (χ1n) is 6.80. The zero-order valence-electron chi connectivity index (χ0n) is 12.2. The number of aryl methyl sites for hydroxylation is 1. The Balaban J connectivity index is 2.17. The summed E-state index contributed by atoms with van der Waals surface area (Å²) in [4.78, 5) is 15.9. The van der Waals surface area contributed by atoms with Crippen LogP contribution in [0.2, 0.25) is 0 Å². The highest BCUT2D eigenvalue weighted by atomic mass is 16.5. The quantitative estimate of drug-likeness (QED) is 0.652. The molecule has 0 atom stereocenters. The molecule has 21 heavy (non-hydrogen) atoms. The summed E-state index contributed by atoms with van der Waals surface area (Å²) in [5.41, 5.74) is 9.84. The van der Waals surface area contributed by atoms with Crippen LogP contribution in [-0.4, -0.2) is 18.1 Å². The van der Waals surface area contributed by atoms with Crippen LogP contribution >= 0.6 is 0 Å². The topological polar surface area (TPSA) is 77.2 Å². The van der Waals surface area contributed by atoms with E-state index in [9.17, 15) is 4.79 Å². The Hall–Kier alpha value is -2.56. The highest BCUT2D eigenvalue weighted by molar-refractivity contribution is 5.91. The van der Waals surface area contributed by atoms with Crippen molar-refractivity contribution in [3.05, 3.63) is 53.3 Å². The van der Waals surface area contributed by atoms with E-state index in [1.54, 1.807) is 24.4 Å². The molecule has 5 nitrogen and oxygen atoms in total. The number of nitrogens with one attached hydrogen (secondary N) is 1. The Morgan fingerprint density at radius 2 is 2.19 bits per heavy atom. The van der Waals surface area contributed by atoms with Crippen LogP contribution in [0.5, 0.6) is 0 Å². The molecule has 1 heterocycles. The van der Waals surface area contributed by atoms with Crippen molar-refractivity contribution in [1.29, 1.82) is 0 Å². The molecular formula is C16H19N3O2. The standard InChI is InChI=1S/C16H19N3O2/c1-3-11-5-4-8-18-15(11)10-19-14-9-12(16(20)21-2)6-7-13(14)17/h4-9,19H,3,10,17H2,1-2H3. The van der Waals surface area contributed by atoms with Crippen LogP contribution in [0.4, 0.5) is 11.4 Å². The maximum Gasteiger partial charge on any atom is 0.337 e. The minimum absolute atomic E-state index is 0.384. The Morgan fingerprint density at radius 3 is 2.90 bits per heavy atom. The normalized spacial score (nSPS) is 10.2. The molecule has 0 fully saturated rings. The third kappa shape index (κ3) is 3.51. The number of hydrogen-bond donors (Lipinski definition) is 2. The minimum Gasteiger partial charge on any atom is -0.465 e. The van der Waals surface area contributed by atoms with Gasteiger partial charge in [0, 0.05) is 6.20 Å². The van der Waals surface area contributed by atoms with Crippen molar-refractivity contribution < 1.29 is 9.53 Å². The fourth-order valence-electron chi connectivity index (χ4n) is 2.09. The van der Waals surface area contributed by atoms with E-state index in [0.717, 1.165) is 12.1 Å². The molecule has 2 aromatic rings. The summed E-state index contributed by atoms with van der Waals surface area (Å²) in [6.07, 6.45) is 2.69. The van der Waals surface area contributed by atoms with Crippen LogP contribution in [-0.2, 0) is 17.7 Å². The number of esters is 1. The van der Waals surface area contributed by atoms with Gasteiger partial charge in [-0.3, -0.25) is 4.98 Å². The Morgan fingerprint density at radius 1 is 1.38 bits per heavy atom. The van der Waals surface area contributed by atoms with E-state index in [0.29, 0.717) is 23.5 Å². The van der Waals surface area contributed by atoms with Gasteiger partial charge in [-0.05, 0) is 36.2 Å². The van der Waals surface area contributed by atoms with E-state index in [2.05, 4.69) is 23.3 Å². The van der Waals surface area contributed by atoms with Crippen LogP contribution in [0.1, 0.15) is 28.5 Å². The smallest absolute Gasteiger partial charge is 0.337 e. The number of carbonyl (C=O) groups is 1. The maximum atomic E-state index is 11.5. The summed E-state index contributed by atoms with van der Waals surface area (Å²) in [5, 5.41) is 3.23. The molecule has 0 aliphatic rings. The van der Waals surface area contributed by atoms with Crippen molar-refractivity contribution in [2.75, 3.05) is 18.2 Å². The van der Waals surface area contributed by atoms with Gasteiger partial charge in [0.1, 0.15) is 0 Å². The molecule has 1 aromatic heterocycles. The minimum atomic E-state index is -0.384. The van der Waals surface area contributed by atoms with E-state index in [1.165, 1.54) is 12.7 Å². The van der Waals surface area contributed by atoms with Gasteiger partial charge in [0.05, 0.1) is 36.3 Å². The highest BCUT2D eigenvalue weighted by Crippen LogP contribution is 2.21. The van der Waals surface area contributed by atoms with Gasteiger partial charge in [-0.15, -0.1) is 0 Å². The average molecular weight is 285 g/mol. The molecule has 0 bridgehead atoms. The largest absolute Gasteiger partial charge is 0.465 e. The highest BCUT2D eigenvalue weighted by Gasteiger charge is 2.09. The monoisotopic (exact) mass is 285 g/mol. The lowest BCUT2D eigenvalue weighted by molar-refractivity contribution is 0.0601. The van der Waals surface area contributed by atoms with Gasteiger partial charge in [-0.25, -0.2) is 4.79 Å². The number of nitrogens with two attached hydrogens (primary N) is 1. The van der Waals surface area contributed by atoms with E-state index >= 15 is 0 Å². The molecule has 0 spiro atoms. The van der Waals surface area contributed by atoms with E-state index in [1.807, 2.05) is 6.07 Å². The second kappa shape index (κ2) is 6.74. The lowest BCUT2D eigenvalue weighted by atomic mass is 10.1. The summed E-state index contributed by atoms with van der Waals surface area (Å²) >= 11 is 0. The average Bonchev–Trinajstić information content (AvgIpc) is 2.53. The number of rotatable bonds is 5. The van der Waals surface area contributed by atoms with Crippen molar-refractivity contribution in [3.8, 4) is 0 Å². The summed E-state index contributed by atoms with van der Waals surface area (Å²) in [5.74, 6) is -0.384. The van der Waals surface area contributed by atoms with Gasteiger partial charge in [0.2, 0.25) is 0 Å². The third-order valence-corrected chi connectivity index (χ3v) is 3.29. The molecule has 0 aliphatic carbocycles. The van der Waals surface area contributed by atoms with Crippen LogP contribution in [0.3, 0.4) is 0 Å². The fourth-order valence-corrected chi connectivity index (χ4v) is 2.09. The van der Waals surface area contributed by atoms with E-state index in [-0.39, 0.29) is 5.97 Å². The molecule has 0 saturated carbocycles. The predicted molar refractivity (Wildman–Crippen MR) is 83.1 cm³/mol. The zero-order chi connectivity index (χ0) is 15.2. The van der Waals surface area contributed by atoms with Crippen molar-refractivity contribution in [1.82, 2.24) is 4.98 Å². The Labute approximate surface area is 124 Å². The molecule has 2 rings (SSSR count). The number of pyridine rings is 1. The number of anilines is 2. The summed E-state index contributed by atoms with van der Waals surface area (Å²) in [7, 11) is 1.35. The van der Waals surface area contributed by atoms with Crippen molar-refractivity contribution in [3.63, 3.8) is 0 Å². The molecule has 110 valence electrons. The summed E-state index contributed by atoms with van der Waals surface area (Å²) < 4.78 is 4.71. The lowest BCUT2D eigenvalue weighted by Crippen LogP contribution is -2.08. The first-order valence-corrected chi connectivity index (χ1v) is 6.80. The number of benzene rings is 1. The van der Waals surface area contributed by atoms with Crippen molar-refractivity contribution in [2.45, 2.75) is 19.9 Å². The van der Waals surface area contributed by atoms with Crippen LogP contribution in [0.25, 0.3) is 0 Å². The van der Waals surface area contributed by atoms with Gasteiger partial charge in [0.15, 0.2) is 0 Å². The molecule has 5 heteroatoms. The molecule has 0 radical (unpaired) electrons. The van der Waals surface area contributed by atoms with Gasteiger partial charge in [-0.1, -0.05) is 13.0 Å². The van der Waals surface area contributed by atoms with Crippen LogP contribution < -0.4 is 11.1 Å². The lowest BCUT2D eigenvalue weighted by Gasteiger charge is -2.12. The Bertz CT molecular complexity index is 641. The number of ether oxygens (including phenoxy) is 1. The number of aromatic nitrogens is 1. The number of nitrogens with zero attached hydrogens (tertiary/aromatic N) is 1. The number of nitrogen functional groups attached to an aromatic ring is 1. The molecule has 0 unspecified atom stereocenters. The second-order valence-electron chi connectivity index (χ2n) is 4.61. The molecule has 1 aromatic carbocycles. The maximum absolute atomic E-state index is 11.5. The zero-order valence-corrected chi connectivity index (χ0v) is 12.2. The first kappa shape index (κ1) is 14.8. The molecule has 0 saturated heterocycles. The molecule has 0 aliphatic heterocycles. The van der Waals surface area contributed by atoms with E-state index < -0.39 is 0 Å². The Kier molecular flexibility index (Phi) is 4.77. The fraction of sp³-hybridized carbons (Fsp3) is 0.250. The molecule has 0 amide bonds. The summed E-state index contributed by atoms with van der Waals surface area (Å²) in [6.45, 7) is 2.64. The second-order valence-corrected chi connectivity index (χ2v) is 4.61. The molecule has 3 N–H and O–H groups in total. The molecular weight excluding hydrogens is 266 g/mol. The van der Waals surface area contributed by atoms with Gasteiger partial charge < -0.3 is 15.8 Å². The number of hydrogen-bond acceptors (Lipinski definition) is 5.